The quantitative estimate of drug-likeness (QED) is 0.685. The van der Waals surface area contributed by atoms with Gasteiger partial charge in [-0.15, -0.1) is 0 Å². The number of aromatic nitrogens is 3. The molecule has 6 rings (SSSR count). The lowest BCUT2D eigenvalue weighted by molar-refractivity contribution is 0.0824. The highest BCUT2D eigenvalue weighted by atomic mass is 16.5. The SMILES string of the molecule is COc1ccc(-c2cc3c(cn2)CCc2c4c(n(C)c2-3)CC2(CNC2)NC4=O)cn1. The van der Waals surface area contributed by atoms with Crippen molar-refractivity contribution in [2.75, 3.05) is 20.2 Å². The standard InChI is InChI=1S/C23H23N5O2/c1-28-18-8-23(11-24-12-23)27-22(29)20(18)15-5-3-13-9-25-17(7-16(13)21(15)28)14-4-6-19(30-2)26-10-14/h4,6-7,9-10,24H,3,5,8,11-12H2,1-2H3,(H,27,29). The topological polar surface area (TPSA) is 81.1 Å². The zero-order valence-corrected chi connectivity index (χ0v) is 17.1. The summed E-state index contributed by atoms with van der Waals surface area (Å²) in [5.41, 5.74) is 8.47. The monoisotopic (exact) mass is 401 g/mol. The van der Waals surface area contributed by atoms with Crippen LogP contribution in [0.5, 0.6) is 5.88 Å². The minimum absolute atomic E-state index is 0.0756. The van der Waals surface area contributed by atoms with Crippen molar-refractivity contribution in [1.82, 2.24) is 25.2 Å². The second kappa shape index (κ2) is 6.15. The first-order valence-electron chi connectivity index (χ1n) is 10.3. The van der Waals surface area contributed by atoms with E-state index in [9.17, 15) is 4.79 Å². The normalized spacial score (nSPS) is 18.1. The van der Waals surface area contributed by atoms with Gasteiger partial charge in [-0.3, -0.25) is 9.78 Å². The van der Waals surface area contributed by atoms with E-state index in [0.29, 0.717) is 5.88 Å². The lowest BCUT2D eigenvalue weighted by atomic mass is 9.81. The van der Waals surface area contributed by atoms with Crippen LogP contribution in [0.3, 0.4) is 0 Å². The Bertz CT molecular complexity index is 1190. The first-order chi connectivity index (χ1) is 14.6. The van der Waals surface area contributed by atoms with E-state index in [4.69, 9.17) is 4.74 Å². The summed E-state index contributed by atoms with van der Waals surface area (Å²) in [6.07, 6.45) is 6.40. The van der Waals surface area contributed by atoms with Crippen LogP contribution >= 0.6 is 0 Å². The third-order valence-corrected chi connectivity index (χ3v) is 6.78. The molecule has 0 saturated carbocycles. The highest BCUT2D eigenvalue weighted by Gasteiger charge is 2.46. The Balaban J connectivity index is 1.49. The summed E-state index contributed by atoms with van der Waals surface area (Å²) in [5.74, 6) is 0.659. The Hall–Kier alpha value is -3.19. The molecular weight excluding hydrogens is 378 g/mol. The number of amides is 1. The fourth-order valence-electron chi connectivity index (χ4n) is 5.14. The molecule has 5 heterocycles. The summed E-state index contributed by atoms with van der Waals surface area (Å²) in [4.78, 5) is 22.1. The summed E-state index contributed by atoms with van der Waals surface area (Å²) in [6.45, 7) is 1.67. The minimum atomic E-state index is -0.125. The van der Waals surface area contributed by atoms with Gasteiger partial charge in [0.15, 0.2) is 0 Å². The van der Waals surface area contributed by atoms with Gasteiger partial charge in [0.2, 0.25) is 5.88 Å². The van der Waals surface area contributed by atoms with Gasteiger partial charge < -0.3 is 19.9 Å². The number of aryl methyl sites for hydroxylation is 1. The fraction of sp³-hybridized carbons (Fsp3) is 0.348. The molecule has 0 radical (unpaired) electrons. The maximum Gasteiger partial charge on any atom is 0.253 e. The molecule has 2 N–H and O–H groups in total. The van der Waals surface area contributed by atoms with Crippen LogP contribution in [0.25, 0.3) is 22.5 Å². The molecule has 3 aromatic rings. The van der Waals surface area contributed by atoms with Crippen LogP contribution in [0.4, 0.5) is 0 Å². The Morgan fingerprint density at radius 2 is 2.03 bits per heavy atom. The summed E-state index contributed by atoms with van der Waals surface area (Å²) >= 11 is 0. The molecule has 0 atom stereocenters. The molecule has 152 valence electrons. The zero-order chi connectivity index (χ0) is 20.5. The number of carbonyl (C=O) groups excluding carboxylic acids is 1. The smallest absolute Gasteiger partial charge is 0.253 e. The Kier molecular flexibility index (Phi) is 3.62. The first kappa shape index (κ1) is 17.7. The summed E-state index contributed by atoms with van der Waals surface area (Å²) < 4.78 is 7.42. The molecule has 1 saturated heterocycles. The molecule has 2 aliphatic heterocycles. The van der Waals surface area contributed by atoms with Crippen LogP contribution in [-0.4, -0.2) is 46.2 Å². The molecule has 0 aromatic carbocycles. The van der Waals surface area contributed by atoms with Crippen molar-refractivity contribution in [3.63, 3.8) is 0 Å². The second-order valence-electron chi connectivity index (χ2n) is 8.54. The second-order valence-corrected chi connectivity index (χ2v) is 8.54. The number of methoxy groups -OCH3 is 1. The molecule has 1 fully saturated rings. The van der Waals surface area contributed by atoms with Crippen molar-refractivity contribution in [3.8, 4) is 28.4 Å². The van der Waals surface area contributed by atoms with Gasteiger partial charge in [-0.25, -0.2) is 4.98 Å². The predicted molar refractivity (Wildman–Crippen MR) is 113 cm³/mol. The molecule has 0 bridgehead atoms. The van der Waals surface area contributed by atoms with Gasteiger partial charge in [0.1, 0.15) is 0 Å². The van der Waals surface area contributed by atoms with Crippen LogP contribution < -0.4 is 15.4 Å². The maximum atomic E-state index is 13.1. The largest absolute Gasteiger partial charge is 0.481 e. The van der Waals surface area contributed by atoms with Gasteiger partial charge in [-0.05, 0) is 36.1 Å². The van der Waals surface area contributed by atoms with Gasteiger partial charge >= 0.3 is 0 Å². The number of fused-ring (bicyclic) bond motifs is 5. The molecule has 0 unspecified atom stereocenters. The van der Waals surface area contributed by atoms with Crippen molar-refractivity contribution in [3.05, 3.63) is 53.0 Å². The number of hydrogen-bond acceptors (Lipinski definition) is 5. The molecule has 7 heteroatoms. The highest BCUT2D eigenvalue weighted by Crippen LogP contribution is 2.42. The van der Waals surface area contributed by atoms with Crippen LogP contribution in [0.2, 0.25) is 0 Å². The number of hydrogen-bond donors (Lipinski definition) is 2. The van der Waals surface area contributed by atoms with Gasteiger partial charge in [0.25, 0.3) is 5.91 Å². The van der Waals surface area contributed by atoms with Gasteiger partial charge in [0.05, 0.1) is 29.6 Å². The van der Waals surface area contributed by atoms with E-state index in [0.717, 1.165) is 60.6 Å². The molecule has 30 heavy (non-hydrogen) atoms. The minimum Gasteiger partial charge on any atom is -0.481 e. The van der Waals surface area contributed by atoms with Gasteiger partial charge in [0, 0.05) is 61.8 Å². The van der Waals surface area contributed by atoms with Crippen LogP contribution in [0.15, 0.2) is 30.6 Å². The van der Waals surface area contributed by atoms with Crippen molar-refractivity contribution >= 4 is 5.91 Å². The van der Waals surface area contributed by atoms with E-state index >= 15 is 0 Å². The van der Waals surface area contributed by atoms with Gasteiger partial charge in [-0.1, -0.05) is 0 Å². The van der Waals surface area contributed by atoms with Gasteiger partial charge in [-0.2, -0.15) is 0 Å². The van der Waals surface area contributed by atoms with Crippen LogP contribution in [-0.2, 0) is 26.3 Å². The highest BCUT2D eigenvalue weighted by molar-refractivity contribution is 6.01. The molecule has 3 aliphatic rings. The first-order valence-corrected chi connectivity index (χ1v) is 10.3. The van der Waals surface area contributed by atoms with Crippen LogP contribution in [0, 0.1) is 0 Å². The fourth-order valence-corrected chi connectivity index (χ4v) is 5.14. The number of nitrogens with zero attached hydrogens (tertiary/aromatic N) is 3. The average Bonchev–Trinajstić information content (AvgIpc) is 3.05. The van der Waals surface area contributed by atoms with E-state index < -0.39 is 0 Å². The summed E-state index contributed by atoms with van der Waals surface area (Å²) in [6, 6.07) is 5.96. The number of rotatable bonds is 2. The van der Waals surface area contributed by atoms with Crippen molar-refractivity contribution < 1.29 is 9.53 Å². The summed E-state index contributed by atoms with van der Waals surface area (Å²) in [5, 5.41) is 6.58. The Morgan fingerprint density at radius 3 is 2.73 bits per heavy atom. The number of pyridine rings is 2. The lowest BCUT2D eigenvalue weighted by Gasteiger charge is -2.45. The van der Waals surface area contributed by atoms with Crippen molar-refractivity contribution in [2.45, 2.75) is 24.8 Å². The summed E-state index contributed by atoms with van der Waals surface area (Å²) in [7, 11) is 3.71. The van der Waals surface area contributed by atoms with Crippen LogP contribution in [0.1, 0.15) is 27.2 Å². The number of nitrogens with one attached hydrogen (secondary N) is 2. The van der Waals surface area contributed by atoms with E-state index in [-0.39, 0.29) is 11.4 Å². The Morgan fingerprint density at radius 1 is 1.17 bits per heavy atom. The molecule has 1 aliphatic carbocycles. The molecular formula is C23H23N5O2. The number of ether oxygens (including phenoxy) is 1. The van der Waals surface area contributed by atoms with E-state index in [2.05, 4.69) is 38.3 Å². The van der Waals surface area contributed by atoms with E-state index in [1.54, 1.807) is 13.3 Å². The molecule has 7 nitrogen and oxygen atoms in total. The predicted octanol–water partition coefficient (Wildman–Crippen LogP) is 1.88. The third-order valence-electron chi connectivity index (χ3n) is 6.78. The maximum absolute atomic E-state index is 13.1. The third kappa shape index (κ3) is 2.38. The lowest BCUT2D eigenvalue weighted by Crippen LogP contribution is -2.71. The van der Waals surface area contributed by atoms with E-state index in [1.165, 1.54) is 16.7 Å². The van der Waals surface area contributed by atoms with E-state index in [1.807, 2.05) is 18.3 Å². The Labute approximate surface area is 174 Å². The molecule has 1 amide bonds. The molecule has 1 spiro atoms. The number of carbonyl (C=O) groups is 1. The zero-order valence-electron chi connectivity index (χ0n) is 17.1. The molecule has 3 aromatic heterocycles. The van der Waals surface area contributed by atoms with Crippen molar-refractivity contribution in [2.24, 2.45) is 7.05 Å². The average molecular weight is 401 g/mol. The van der Waals surface area contributed by atoms with Crippen molar-refractivity contribution in [1.29, 1.82) is 0 Å².